The molecule has 2 fully saturated rings. The summed E-state index contributed by atoms with van der Waals surface area (Å²) >= 11 is 12.4. The molecule has 5 rings (SSSR count). The third kappa shape index (κ3) is 4.90. The molecular formula is C25H28Cl2F3N5O. The normalized spacial score (nSPS) is 20.6. The topological polar surface area (TPSA) is 57.4 Å². The van der Waals surface area contributed by atoms with Gasteiger partial charge in [-0.2, -0.15) is 13.2 Å². The first kappa shape index (κ1) is 25.6. The quantitative estimate of drug-likeness (QED) is 0.446. The lowest BCUT2D eigenvalue weighted by Gasteiger charge is -2.47. The van der Waals surface area contributed by atoms with Crippen LogP contribution in [0.5, 0.6) is 0 Å². The van der Waals surface area contributed by atoms with Crippen LogP contribution in [0.25, 0.3) is 11.2 Å². The molecule has 2 aromatic heterocycles. The summed E-state index contributed by atoms with van der Waals surface area (Å²) in [5, 5.41) is 10.1. The molecule has 2 aliphatic rings. The molecule has 1 aromatic carbocycles. The number of hydrogen-bond acceptors (Lipinski definition) is 5. The molecule has 0 unspecified atom stereocenters. The zero-order valence-corrected chi connectivity index (χ0v) is 21.4. The first-order valence-corrected chi connectivity index (χ1v) is 12.9. The number of halogens is 5. The lowest BCUT2D eigenvalue weighted by atomic mass is 9.80. The maximum absolute atomic E-state index is 13.9. The van der Waals surface area contributed by atoms with E-state index in [1.54, 1.807) is 25.1 Å². The van der Waals surface area contributed by atoms with Crippen LogP contribution in [-0.4, -0.2) is 63.9 Å². The number of rotatable bonds is 6. The van der Waals surface area contributed by atoms with Crippen LogP contribution < -0.4 is 4.90 Å². The van der Waals surface area contributed by atoms with E-state index in [4.69, 9.17) is 23.2 Å². The van der Waals surface area contributed by atoms with Gasteiger partial charge in [0.05, 0.1) is 18.8 Å². The number of hydrogen-bond donors (Lipinski definition) is 1. The van der Waals surface area contributed by atoms with Crippen LogP contribution >= 0.6 is 23.2 Å². The second-order valence-corrected chi connectivity index (χ2v) is 10.6. The Labute approximate surface area is 217 Å². The third-order valence-corrected chi connectivity index (χ3v) is 8.07. The predicted octanol–water partition coefficient (Wildman–Crippen LogP) is 5.51. The standard InChI is InChI=1S/C25H28Cl2F3N5O/c1-15(19-5-4-18(26)9-21(19)27)35-14-20(25(28,29)30)23-24(35)32-22(10-31-23)34-12-17(13-34)16-3-2-6-33(11-16)7-8-36/h4-5,9-10,14-17,36H,2-3,6-8,11-13H2,1H3/t15-,16+/m1/s1. The SMILES string of the molecule is C[C@H](c1ccc(Cl)cc1Cl)n1cc(C(F)(F)F)c2ncc(N3CC([C@H]4CCCN(CCO)C4)C3)nc21. The Morgan fingerprint density at radius 3 is 2.64 bits per heavy atom. The smallest absolute Gasteiger partial charge is 0.395 e. The van der Waals surface area contributed by atoms with Gasteiger partial charge in [-0.05, 0) is 55.8 Å². The van der Waals surface area contributed by atoms with E-state index in [9.17, 15) is 18.3 Å². The molecule has 0 bridgehead atoms. The van der Waals surface area contributed by atoms with Crippen LogP contribution in [0.4, 0.5) is 19.0 Å². The maximum atomic E-state index is 13.9. The van der Waals surface area contributed by atoms with Crippen LogP contribution in [0.15, 0.2) is 30.6 Å². The number of fused-ring (bicyclic) bond motifs is 1. The van der Waals surface area contributed by atoms with Gasteiger partial charge in [-0.1, -0.05) is 29.3 Å². The number of piperidine rings is 1. The maximum Gasteiger partial charge on any atom is 0.420 e. The highest BCUT2D eigenvalue weighted by atomic mass is 35.5. The van der Waals surface area contributed by atoms with E-state index < -0.39 is 17.8 Å². The highest BCUT2D eigenvalue weighted by Gasteiger charge is 2.39. The molecule has 4 heterocycles. The molecule has 36 heavy (non-hydrogen) atoms. The van der Waals surface area contributed by atoms with E-state index in [0.717, 1.165) is 45.2 Å². The summed E-state index contributed by atoms with van der Waals surface area (Å²) in [4.78, 5) is 13.3. The van der Waals surface area contributed by atoms with Crippen molar-refractivity contribution in [2.75, 3.05) is 44.2 Å². The van der Waals surface area contributed by atoms with E-state index in [-0.39, 0.29) is 17.8 Å². The third-order valence-electron chi connectivity index (χ3n) is 7.50. The number of anilines is 1. The molecule has 0 spiro atoms. The highest BCUT2D eigenvalue weighted by molar-refractivity contribution is 6.35. The molecule has 2 saturated heterocycles. The second kappa shape index (κ2) is 10.0. The zero-order chi connectivity index (χ0) is 25.6. The lowest BCUT2D eigenvalue weighted by Crippen LogP contribution is -2.54. The molecule has 6 nitrogen and oxygen atoms in total. The summed E-state index contributed by atoms with van der Waals surface area (Å²) in [6, 6.07) is 4.45. The molecule has 194 valence electrons. The van der Waals surface area contributed by atoms with E-state index in [1.807, 2.05) is 0 Å². The van der Waals surface area contributed by atoms with Crippen molar-refractivity contribution >= 4 is 40.2 Å². The summed E-state index contributed by atoms with van der Waals surface area (Å²) in [5.41, 5.74) is -0.172. The Hall–Kier alpha value is -2.07. The molecule has 0 saturated carbocycles. The average Bonchev–Trinajstić information content (AvgIpc) is 3.18. The summed E-state index contributed by atoms with van der Waals surface area (Å²) < 4.78 is 43.1. The molecule has 0 radical (unpaired) electrons. The van der Waals surface area contributed by atoms with Crippen LogP contribution in [0.2, 0.25) is 10.0 Å². The Kier molecular flexibility index (Phi) is 7.11. The van der Waals surface area contributed by atoms with Gasteiger partial charge in [0.2, 0.25) is 0 Å². The van der Waals surface area contributed by atoms with Crippen molar-refractivity contribution in [2.45, 2.75) is 32.0 Å². The number of aromatic nitrogens is 3. The summed E-state index contributed by atoms with van der Waals surface area (Å²) in [5.74, 6) is 1.61. The first-order valence-electron chi connectivity index (χ1n) is 12.1. The molecule has 11 heteroatoms. The van der Waals surface area contributed by atoms with Crippen LogP contribution in [0.1, 0.15) is 36.9 Å². The number of alkyl halides is 3. The number of likely N-dealkylation sites (tertiary alicyclic amines) is 1. The Morgan fingerprint density at radius 1 is 1.17 bits per heavy atom. The number of aliphatic hydroxyl groups is 1. The van der Waals surface area contributed by atoms with Gasteiger partial charge < -0.3 is 19.5 Å². The van der Waals surface area contributed by atoms with Crippen molar-refractivity contribution in [3.05, 3.63) is 51.8 Å². The average molecular weight is 542 g/mol. The second-order valence-electron chi connectivity index (χ2n) is 9.78. The molecule has 1 N–H and O–H groups in total. The molecule has 0 aliphatic carbocycles. The first-order chi connectivity index (χ1) is 17.2. The van der Waals surface area contributed by atoms with Gasteiger partial charge in [-0.15, -0.1) is 0 Å². The van der Waals surface area contributed by atoms with E-state index >= 15 is 0 Å². The van der Waals surface area contributed by atoms with Crippen LogP contribution in [-0.2, 0) is 6.18 Å². The minimum absolute atomic E-state index is 0.165. The molecular weight excluding hydrogens is 514 g/mol. The zero-order valence-electron chi connectivity index (χ0n) is 19.8. The highest BCUT2D eigenvalue weighted by Crippen LogP contribution is 2.39. The van der Waals surface area contributed by atoms with Gasteiger partial charge in [0.15, 0.2) is 5.65 Å². The van der Waals surface area contributed by atoms with E-state index in [0.29, 0.717) is 39.8 Å². The molecule has 2 aliphatic heterocycles. The monoisotopic (exact) mass is 541 g/mol. The van der Waals surface area contributed by atoms with Gasteiger partial charge in [-0.25, -0.2) is 9.97 Å². The summed E-state index contributed by atoms with van der Waals surface area (Å²) in [6.45, 7) is 6.23. The van der Waals surface area contributed by atoms with E-state index in [2.05, 4.69) is 19.8 Å². The number of aliphatic hydroxyl groups excluding tert-OH is 1. The molecule has 3 aromatic rings. The largest absolute Gasteiger partial charge is 0.420 e. The number of benzene rings is 1. The Bertz CT molecular complexity index is 1240. The fourth-order valence-electron chi connectivity index (χ4n) is 5.47. The Balaban J connectivity index is 1.42. The fraction of sp³-hybridized carbons (Fsp3) is 0.520. The van der Waals surface area contributed by atoms with Crippen LogP contribution in [0, 0.1) is 11.8 Å². The van der Waals surface area contributed by atoms with Gasteiger partial charge in [0.1, 0.15) is 16.9 Å². The van der Waals surface area contributed by atoms with Gasteiger partial charge in [0, 0.05) is 42.4 Å². The molecule has 0 amide bonds. The Morgan fingerprint density at radius 2 is 1.94 bits per heavy atom. The summed E-state index contributed by atoms with van der Waals surface area (Å²) in [7, 11) is 0. The van der Waals surface area contributed by atoms with Crippen molar-refractivity contribution in [3.8, 4) is 0 Å². The van der Waals surface area contributed by atoms with Crippen molar-refractivity contribution in [1.82, 2.24) is 19.4 Å². The van der Waals surface area contributed by atoms with Gasteiger partial charge >= 0.3 is 6.18 Å². The van der Waals surface area contributed by atoms with Gasteiger partial charge in [-0.3, -0.25) is 0 Å². The van der Waals surface area contributed by atoms with Crippen molar-refractivity contribution in [2.24, 2.45) is 11.8 Å². The predicted molar refractivity (Wildman–Crippen MR) is 135 cm³/mol. The van der Waals surface area contributed by atoms with Crippen molar-refractivity contribution < 1.29 is 18.3 Å². The molecule has 2 atom stereocenters. The minimum atomic E-state index is -4.56. The number of nitrogens with zero attached hydrogens (tertiary/aromatic N) is 5. The minimum Gasteiger partial charge on any atom is -0.395 e. The number of β-amino-alcohol motifs (C(OH)–C–C–N with tert-alkyl or cyclic N) is 1. The van der Waals surface area contributed by atoms with Gasteiger partial charge in [0.25, 0.3) is 0 Å². The summed E-state index contributed by atoms with van der Waals surface area (Å²) in [6.07, 6.45) is 0.221. The fourth-order valence-corrected chi connectivity index (χ4v) is 6.03. The van der Waals surface area contributed by atoms with Crippen LogP contribution in [0.3, 0.4) is 0 Å². The van der Waals surface area contributed by atoms with Crippen molar-refractivity contribution in [1.29, 1.82) is 0 Å². The van der Waals surface area contributed by atoms with E-state index in [1.165, 1.54) is 10.8 Å². The van der Waals surface area contributed by atoms with Crippen molar-refractivity contribution in [3.63, 3.8) is 0 Å². The lowest BCUT2D eigenvalue weighted by molar-refractivity contribution is -0.136.